The zero-order valence-corrected chi connectivity index (χ0v) is 20.5. The molecule has 0 atom stereocenters. The minimum Gasteiger partial charge on any atom is -0.490 e. The van der Waals surface area contributed by atoms with E-state index < -0.39 is 5.91 Å². The number of anilines is 1. The first-order valence-electron chi connectivity index (χ1n) is 10.2. The molecule has 1 amide bonds. The van der Waals surface area contributed by atoms with E-state index in [1.807, 2.05) is 44.2 Å². The SMILES string of the molecule is CCOc1cc(/C=C(\C#N)C(=O)Nc2ccc(C)c(Cl)c2)ccc1OCc1ccccc1Br. The van der Waals surface area contributed by atoms with Crippen LogP contribution in [0.3, 0.4) is 0 Å². The lowest BCUT2D eigenvalue weighted by Crippen LogP contribution is -2.13. The van der Waals surface area contributed by atoms with Crippen LogP contribution < -0.4 is 14.8 Å². The van der Waals surface area contributed by atoms with Crippen molar-refractivity contribution in [2.45, 2.75) is 20.5 Å². The molecule has 0 heterocycles. The van der Waals surface area contributed by atoms with Gasteiger partial charge in [0.1, 0.15) is 18.2 Å². The van der Waals surface area contributed by atoms with Crippen LogP contribution in [0.25, 0.3) is 6.08 Å². The second kappa shape index (κ2) is 11.6. The van der Waals surface area contributed by atoms with Gasteiger partial charge in [-0.15, -0.1) is 0 Å². The molecule has 3 aromatic carbocycles. The fraction of sp³-hybridized carbons (Fsp3) is 0.154. The summed E-state index contributed by atoms with van der Waals surface area (Å²) in [6.45, 7) is 4.55. The fourth-order valence-electron chi connectivity index (χ4n) is 2.96. The lowest BCUT2D eigenvalue weighted by molar-refractivity contribution is -0.112. The molecule has 0 bridgehead atoms. The van der Waals surface area contributed by atoms with E-state index in [0.29, 0.717) is 41.0 Å². The molecule has 0 unspecified atom stereocenters. The van der Waals surface area contributed by atoms with Crippen LogP contribution in [-0.2, 0) is 11.4 Å². The largest absolute Gasteiger partial charge is 0.490 e. The Balaban J connectivity index is 1.79. The number of ether oxygens (including phenoxy) is 2. The Labute approximate surface area is 206 Å². The maximum atomic E-state index is 12.6. The summed E-state index contributed by atoms with van der Waals surface area (Å²) < 4.78 is 12.6. The topological polar surface area (TPSA) is 71.3 Å². The van der Waals surface area contributed by atoms with E-state index in [1.165, 1.54) is 6.08 Å². The smallest absolute Gasteiger partial charge is 0.266 e. The van der Waals surface area contributed by atoms with Gasteiger partial charge in [-0.05, 0) is 61.4 Å². The summed E-state index contributed by atoms with van der Waals surface area (Å²) in [6, 6.07) is 20.2. The van der Waals surface area contributed by atoms with Crippen molar-refractivity contribution in [2.75, 3.05) is 11.9 Å². The first kappa shape index (κ1) is 24.4. The standard InChI is InChI=1S/C26H22BrClN2O3/c1-3-32-25-13-18(9-11-24(25)33-16-19-6-4-5-7-22(19)27)12-20(15-29)26(31)30-21-10-8-17(2)23(28)14-21/h4-14H,3,16H2,1-2H3,(H,30,31)/b20-12+. The molecule has 0 saturated heterocycles. The number of halogens is 2. The number of aryl methyl sites for hydroxylation is 1. The molecular formula is C26H22BrClN2O3. The van der Waals surface area contributed by atoms with Gasteiger partial charge in [-0.1, -0.05) is 57.9 Å². The first-order chi connectivity index (χ1) is 15.9. The van der Waals surface area contributed by atoms with Crippen LogP contribution in [-0.4, -0.2) is 12.5 Å². The van der Waals surface area contributed by atoms with E-state index in [2.05, 4.69) is 21.2 Å². The van der Waals surface area contributed by atoms with Crippen molar-refractivity contribution in [3.63, 3.8) is 0 Å². The molecule has 33 heavy (non-hydrogen) atoms. The first-order valence-corrected chi connectivity index (χ1v) is 11.4. The zero-order chi connectivity index (χ0) is 23.8. The normalized spacial score (nSPS) is 10.9. The van der Waals surface area contributed by atoms with E-state index in [1.54, 1.807) is 36.4 Å². The summed E-state index contributed by atoms with van der Waals surface area (Å²) in [5.41, 5.74) is 3.01. The summed E-state index contributed by atoms with van der Waals surface area (Å²) in [7, 11) is 0. The number of hydrogen-bond acceptors (Lipinski definition) is 4. The highest BCUT2D eigenvalue weighted by Crippen LogP contribution is 2.31. The highest BCUT2D eigenvalue weighted by atomic mass is 79.9. The Hall–Kier alpha value is -3.27. The van der Waals surface area contributed by atoms with Crippen LogP contribution in [0.15, 0.2) is 70.7 Å². The molecule has 3 aromatic rings. The molecule has 0 aliphatic heterocycles. The van der Waals surface area contributed by atoms with Crippen molar-refractivity contribution in [3.05, 3.63) is 92.4 Å². The second-order valence-electron chi connectivity index (χ2n) is 7.11. The van der Waals surface area contributed by atoms with Crippen molar-refractivity contribution in [2.24, 2.45) is 0 Å². The van der Waals surface area contributed by atoms with E-state index in [0.717, 1.165) is 15.6 Å². The van der Waals surface area contributed by atoms with Crippen molar-refractivity contribution < 1.29 is 14.3 Å². The summed E-state index contributed by atoms with van der Waals surface area (Å²) in [5, 5.41) is 12.8. The van der Waals surface area contributed by atoms with Gasteiger partial charge in [0.2, 0.25) is 0 Å². The average Bonchev–Trinajstić information content (AvgIpc) is 2.80. The molecular weight excluding hydrogens is 504 g/mol. The van der Waals surface area contributed by atoms with Crippen LogP contribution in [0.2, 0.25) is 5.02 Å². The molecule has 3 rings (SSSR count). The number of rotatable bonds is 8. The lowest BCUT2D eigenvalue weighted by atomic mass is 10.1. The number of carbonyl (C=O) groups excluding carboxylic acids is 1. The summed E-state index contributed by atoms with van der Waals surface area (Å²) in [6.07, 6.45) is 1.51. The summed E-state index contributed by atoms with van der Waals surface area (Å²) in [4.78, 5) is 12.6. The third-order valence-corrected chi connectivity index (χ3v) is 5.90. The number of nitriles is 1. The van der Waals surface area contributed by atoms with Gasteiger partial charge in [-0.2, -0.15) is 5.26 Å². The number of hydrogen-bond donors (Lipinski definition) is 1. The maximum absolute atomic E-state index is 12.6. The molecule has 0 aliphatic rings. The maximum Gasteiger partial charge on any atom is 0.266 e. The van der Waals surface area contributed by atoms with Crippen molar-refractivity contribution in [1.29, 1.82) is 5.26 Å². The van der Waals surface area contributed by atoms with Crippen molar-refractivity contribution in [3.8, 4) is 17.6 Å². The highest BCUT2D eigenvalue weighted by Gasteiger charge is 2.12. The van der Waals surface area contributed by atoms with Gasteiger partial charge in [-0.3, -0.25) is 4.79 Å². The van der Waals surface area contributed by atoms with Crippen LogP contribution >= 0.6 is 27.5 Å². The minimum absolute atomic E-state index is 0.0453. The molecule has 0 spiro atoms. The van der Waals surface area contributed by atoms with Gasteiger partial charge in [0.05, 0.1) is 6.61 Å². The molecule has 5 nitrogen and oxygen atoms in total. The van der Waals surface area contributed by atoms with Crippen LogP contribution in [0.5, 0.6) is 11.5 Å². The summed E-state index contributed by atoms with van der Waals surface area (Å²) >= 11 is 9.63. The molecule has 0 saturated carbocycles. The van der Waals surface area contributed by atoms with Gasteiger partial charge >= 0.3 is 0 Å². The minimum atomic E-state index is -0.523. The predicted molar refractivity (Wildman–Crippen MR) is 134 cm³/mol. The predicted octanol–water partition coefficient (Wildman–Crippen LogP) is 6.93. The van der Waals surface area contributed by atoms with Crippen LogP contribution in [0, 0.1) is 18.3 Å². The molecule has 168 valence electrons. The molecule has 1 N–H and O–H groups in total. The number of benzene rings is 3. The number of nitrogens with one attached hydrogen (secondary N) is 1. The lowest BCUT2D eigenvalue weighted by Gasteiger charge is -2.13. The molecule has 7 heteroatoms. The van der Waals surface area contributed by atoms with Gasteiger partial charge in [-0.25, -0.2) is 0 Å². The molecule has 0 aromatic heterocycles. The van der Waals surface area contributed by atoms with Gasteiger partial charge in [0.15, 0.2) is 11.5 Å². The average molecular weight is 526 g/mol. The number of amides is 1. The number of carbonyl (C=O) groups is 1. The Bertz CT molecular complexity index is 1230. The number of nitrogens with zero attached hydrogens (tertiary/aromatic N) is 1. The fourth-order valence-corrected chi connectivity index (χ4v) is 3.54. The third-order valence-electron chi connectivity index (χ3n) is 4.71. The van der Waals surface area contributed by atoms with E-state index in [9.17, 15) is 10.1 Å². The van der Waals surface area contributed by atoms with Crippen LogP contribution in [0.1, 0.15) is 23.6 Å². The zero-order valence-electron chi connectivity index (χ0n) is 18.2. The van der Waals surface area contributed by atoms with Crippen molar-refractivity contribution in [1.82, 2.24) is 0 Å². The highest BCUT2D eigenvalue weighted by molar-refractivity contribution is 9.10. The summed E-state index contributed by atoms with van der Waals surface area (Å²) in [5.74, 6) is 0.577. The Morgan fingerprint density at radius 1 is 1.12 bits per heavy atom. The van der Waals surface area contributed by atoms with E-state index >= 15 is 0 Å². The van der Waals surface area contributed by atoms with E-state index in [-0.39, 0.29) is 5.57 Å². The van der Waals surface area contributed by atoms with Gasteiger partial charge < -0.3 is 14.8 Å². The Morgan fingerprint density at radius 3 is 2.61 bits per heavy atom. The molecule has 0 aliphatic carbocycles. The Kier molecular flexibility index (Phi) is 8.53. The van der Waals surface area contributed by atoms with Crippen LogP contribution in [0.4, 0.5) is 5.69 Å². The molecule has 0 radical (unpaired) electrons. The Morgan fingerprint density at radius 2 is 1.91 bits per heavy atom. The van der Waals surface area contributed by atoms with Gasteiger partial charge in [0, 0.05) is 20.7 Å². The second-order valence-corrected chi connectivity index (χ2v) is 8.37. The van der Waals surface area contributed by atoms with Crippen molar-refractivity contribution >= 4 is 45.2 Å². The quantitative estimate of drug-likeness (QED) is 0.256. The molecule has 0 fully saturated rings. The third kappa shape index (κ3) is 6.61. The monoisotopic (exact) mass is 524 g/mol. The van der Waals surface area contributed by atoms with E-state index in [4.69, 9.17) is 21.1 Å². The van der Waals surface area contributed by atoms with Gasteiger partial charge in [0.25, 0.3) is 5.91 Å².